The molecule has 1 fully saturated rings. The number of carboxylic acids is 1. The van der Waals surface area contributed by atoms with Crippen LogP contribution in [0.15, 0.2) is 29.2 Å². The Bertz CT molecular complexity index is 615. The first-order chi connectivity index (χ1) is 9.47. The fraction of sp³-hybridized carbons (Fsp3) is 0.0833. The molecule has 1 aromatic rings. The number of thiocarbonyl (C=S) groups is 1. The van der Waals surface area contributed by atoms with Gasteiger partial charge in [0.2, 0.25) is 0 Å². The van der Waals surface area contributed by atoms with Gasteiger partial charge in [-0.1, -0.05) is 36.1 Å². The van der Waals surface area contributed by atoms with E-state index >= 15 is 0 Å². The van der Waals surface area contributed by atoms with Gasteiger partial charge in [0, 0.05) is 0 Å². The van der Waals surface area contributed by atoms with E-state index in [4.69, 9.17) is 27.9 Å². The summed E-state index contributed by atoms with van der Waals surface area (Å²) < 4.78 is 5.35. The number of nitrogens with zero attached hydrogens (tertiary/aromatic N) is 1. The van der Waals surface area contributed by atoms with Crippen LogP contribution in [-0.2, 0) is 9.59 Å². The summed E-state index contributed by atoms with van der Waals surface area (Å²) >= 11 is 6.03. The Kier molecular flexibility index (Phi) is 4.38. The van der Waals surface area contributed by atoms with Crippen molar-refractivity contribution in [2.24, 2.45) is 5.84 Å². The molecular weight excluding hydrogens is 300 g/mol. The molecule has 20 heavy (non-hydrogen) atoms. The lowest BCUT2D eigenvalue weighted by Crippen LogP contribution is -2.34. The maximum Gasteiger partial charge on any atom is 0.341 e. The van der Waals surface area contributed by atoms with Crippen LogP contribution in [0.1, 0.15) is 5.56 Å². The summed E-state index contributed by atoms with van der Waals surface area (Å²) in [6, 6.07) is 6.73. The second-order valence-electron chi connectivity index (χ2n) is 3.81. The Labute approximate surface area is 124 Å². The molecule has 8 heteroatoms. The number of carboxylic acid groups (broad SMARTS) is 1. The predicted octanol–water partition coefficient (Wildman–Crippen LogP) is 1.22. The molecule has 0 aromatic heterocycles. The minimum atomic E-state index is -1.06. The van der Waals surface area contributed by atoms with Crippen LogP contribution in [0.5, 0.6) is 5.75 Å². The van der Waals surface area contributed by atoms with Crippen LogP contribution in [0.2, 0.25) is 0 Å². The van der Waals surface area contributed by atoms with Crippen LogP contribution in [0.4, 0.5) is 0 Å². The van der Waals surface area contributed by atoms with Gasteiger partial charge in [-0.15, -0.1) is 0 Å². The lowest BCUT2D eigenvalue weighted by Gasteiger charge is -2.04. The number of hydrogen-bond acceptors (Lipinski definition) is 6. The number of aliphatic carboxylic acids is 1. The molecule has 1 saturated heterocycles. The van der Waals surface area contributed by atoms with Crippen LogP contribution in [0.25, 0.3) is 6.08 Å². The highest BCUT2D eigenvalue weighted by Crippen LogP contribution is 2.30. The zero-order valence-corrected chi connectivity index (χ0v) is 11.7. The van der Waals surface area contributed by atoms with Crippen LogP contribution in [-0.4, -0.2) is 32.9 Å². The van der Waals surface area contributed by atoms with Gasteiger partial charge < -0.3 is 9.84 Å². The SMILES string of the molecule is NN1C(=O)/C(=C/c2cccc(OCC(=O)O)c2)SC1=S. The Balaban J connectivity index is 2.18. The van der Waals surface area contributed by atoms with Crippen molar-refractivity contribution < 1.29 is 19.4 Å². The number of ether oxygens (including phenoxy) is 1. The van der Waals surface area contributed by atoms with E-state index in [1.165, 1.54) is 0 Å². The summed E-state index contributed by atoms with van der Waals surface area (Å²) in [4.78, 5) is 22.6. The van der Waals surface area contributed by atoms with E-state index in [1.807, 2.05) is 0 Å². The topological polar surface area (TPSA) is 92.9 Å². The molecule has 6 nitrogen and oxygen atoms in total. The van der Waals surface area contributed by atoms with Gasteiger partial charge in [0.25, 0.3) is 5.91 Å². The first kappa shape index (κ1) is 14.5. The fourth-order valence-corrected chi connectivity index (χ4v) is 2.57. The smallest absolute Gasteiger partial charge is 0.341 e. The van der Waals surface area contributed by atoms with Crippen molar-refractivity contribution in [1.29, 1.82) is 0 Å². The third-order valence-corrected chi connectivity index (χ3v) is 3.67. The molecular formula is C12H10N2O4S2. The molecule has 0 radical (unpaired) electrons. The minimum Gasteiger partial charge on any atom is -0.482 e. The van der Waals surface area contributed by atoms with Crippen molar-refractivity contribution in [3.8, 4) is 5.75 Å². The van der Waals surface area contributed by atoms with Crippen LogP contribution in [0, 0.1) is 0 Å². The zero-order valence-electron chi connectivity index (χ0n) is 10.1. The van der Waals surface area contributed by atoms with E-state index < -0.39 is 12.6 Å². The molecule has 0 aliphatic carbocycles. The summed E-state index contributed by atoms with van der Waals surface area (Å²) in [5, 5.41) is 9.46. The number of hydrazine groups is 1. The highest BCUT2D eigenvalue weighted by atomic mass is 32.2. The Morgan fingerprint density at radius 2 is 2.30 bits per heavy atom. The molecule has 1 aliphatic rings. The van der Waals surface area contributed by atoms with Gasteiger partial charge in [-0.2, -0.15) is 0 Å². The van der Waals surface area contributed by atoms with Gasteiger partial charge in [-0.3, -0.25) is 4.79 Å². The van der Waals surface area contributed by atoms with Crippen molar-refractivity contribution in [3.63, 3.8) is 0 Å². The normalized spacial score (nSPS) is 16.9. The molecule has 2 rings (SSSR count). The standard InChI is InChI=1S/C12H10N2O4S2/c13-14-11(17)9(20-12(14)19)5-7-2-1-3-8(4-7)18-6-10(15)16/h1-5H,6,13H2,(H,15,16)/b9-5-. The first-order valence-electron chi connectivity index (χ1n) is 5.44. The summed E-state index contributed by atoms with van der Waals surface area (Å²) in [5.74, 6) is 4.45. The van der Waals surface area contributed by atoms with Gasteiger partial charge in [0.05, 0.1) is 4.91 Å². The van der Waals surface area contributed by atoms with Gasteiger partial charge in [-0.25, -0.2) is 15.6 Å². The lowest BCUT2D eigenvalue weighted by atomic mass is 10.2. The largest absolute Gasteiger partial charge is 0.482 e. The molecule has 0 spiro atoms. The third kappa shape index (κ3) is 3.35. The average Bonchev–Trinajstić information content (AvgIpc) is 2.65. The van der Waals surface area contributed by atoms with Crippen molar-refractivity contribution in [1.82, 2.24) is 5.01 Å². The van der Waals surface area contributed by atoms with Gasteiger partial charge >= 0.3 is 5.97 Å². The fourth-order valence-electron chi connectivity index (χ4n) is 1.47. The number of benzene rings is 1. The third-order valence-electron chi connectivity index (χ3n) is 2.34. The van der Waals surface area contributed by atoms with Crippen LogP contribution >= 0.6 is 24.0 Å². The summed E-state index contributed by atoms with van der Waals surface area (Å²) in [5.41, 5.74) is 0.696. The highest BCUT2D eigenvalue weighted by molar-refractivity contribution is 8.26. The summed E-state index contributed by atoms with van der Waals surface area (Å²) in [6.45, 7) is -0.422. The van der Waals surface area contributed by atoms with Crippen molar-refractivity contribution >= 4 is 46.3 Å². The molecule has 1 heterocycles. The van der Waals surface area contributed by atoms with Crippen LogP contribution in [0.3, 0.4) is 0 Å². The lowest BCUT2D eigenvalue weighted by molar-refractivity contribution is -0.139. The quantitative estimate of drug-likeness (QED) is 0.374. The van der Waals surface area contributed by atoms with E-state index in [0.29, 0.717) is 20.5 Å². The first-order valence-corrected chi connectivity index (χ1v) is 6.67. The number of thioether (sulfide) groups is 1. The maximum absolute atomic E-state index is 11.7. The average molecular weight is 310 g/mol. The highest BCUT2D eigenvalue weighted by Gasteiger charge is 2.29. The Morgan fingerprint density at radius 1 is 1.55 bits per heavy atom. The molecule has 0 saturated carbocycles. The van der Waals surface area contributed by atoms with E-state index in [2.05, 4.69) is 0 Å². The second kappa shape index (κ2) is 6.04. The number of rotatable bonds is 4. The maximum atomic E-state index is 11.7. The summed E-state index contributed by atoms with van der Waals surface area (Å²) in [6.07, 6.45) is 1.62. The molecule has 3 N–H and O–H groups in total. The van der Waals surface area contributed by atoms with Crippen molar-refractivity contribution in [2.45, 2.75) is 0 Å². The van der Waals surface area contributed by atoms with Gasteiger partial charge in [0.15, 0.2) is 10.9 Å². The molecule has 0 bridgehead atoms. The minimum absolute atomic E-state index is 0.291. The second-order valence-corrected chi connectivity index (χ2v) is 5.48. The van der Waals surface area contributed by atoms with Crippen molar-refractivity contribution in [2.75, 3.05) is 6.61 Å². The summed E-state index contributed by atoms with van der Waals surface area (Å²) in [7, 11) is 0. The number of hydrogen-bond donors (Lipinski definition) is 2. The van der Waals surface area contributed by atoms with E-state index in [-0.39, 0.29) is 5.91 Å². The molecule has 1 aromatic carbocycles. The Hall–Kier alpha value is -1.90. The predicted molar refractivity (Wildman–Crippen MR) is 78.8 cm³/mol. The Morgan fingerprint density at radius 3 is 2.90 bits per heavy atom. The number of carbonyl (C=O) groups is 2. The van der Waals surface area contributed by atoms with Crippen LogP contribution < -0.4 is 10.6 Å². The molecule has 104 valence electrons. The van der Waals surface area contributed by atoms with E-state index in [9.17, 15) is 9.59 Å². The number of nitrogens with two attached hydrogens (primary N) is 1. The molecule has 1 amide bonds. The zero-order chi connectivity index (χ0) is 14.7. The van der Waals surface area contributed by atoms with Gasteiger partial charge in [-0.05, 0) is 23.8 Å². The molecule has 1 aliphatic heterocycles. The number of amides is 1. The van der Waals surface area contributed by atoms with Gasteiger partial charge in [0.1, 0.15) is 5.75 Å². The van der Waals surface area contributed by atoms with Crippen molar-refractivity contribution in [3.05, 3.63) is 34.7 Å². The van der Waals surface area contributed by atoms with E-state index in [1.54, 1.807) is 30.3 Å². The monoisotopic (exact) mass is 310 g/mol. The van der Waals surface area contributed by atoms with E-state index in [0.717, 1.165) is 16.8 Å². The molecule has 0 unspecified atom stereocenters. The molecule has 0 atom stereocenters. The number of carbonyl (C=O) groups excluding carboxylic acids is 1.